The third-order valence-electron chi connectivity index (χ3n) is 8.78. The van der Waals surface area contributed by atoms with Crippen molar-refractivity contribution in [2.24, 2.45) is 0 Å². The van der Waals surface area contributed by atoms with E-state index in [1.54, 1.807) is 0 Å². The van der Waals surface area contributed by atoms with Crippen LogP contribution in [0.25, 0.3) is 0 Å². The van der Waals surface area contributed by atoms with Gasteiger partial charge in [-0.3, -0.25) is 0 Å². The molecule has 39 heavy (non-hydrogen) atoms. The first-order chi connectivity index (χ1) is 18.5. The number of hydrogen-bond donors (Lipinski definition) is 3. The first-order valence-corrected chi connectivity index (χ1v) is 15.1. The number of ether oxygens (including phenoxy) is 2. The Morgan fingerprint density at radius 3 is 1.82 bits per heavy atom. The molecule has 1 fully saturated rings. The molecule has 1 aliphatic heterocycles. The molecule has 2 aromatic rings. The molecule has 1 heterocycles. The highest BCUT2D eigenvalue weighted by molar-refractivity contribution is 5.53. The van der Waals surface area contributed by atoms with Gasteiger partial charge in [-0.05, 0) is 90.9 Å². The summed E-state index contributed by atoms with van der Waals surface area (Å²) in [4.78, 5) is 0. The molecule has 1 unspecified atom stereocenters. The summed E-state index contributed by atoms with van der Waals surface area (Å²) in [6, 6.07) is 8.40. The molecule has 0 aromatic heterocycles. The van der Waals surface area contributed by atoms with Crippen LogP contribution in [0.3, 0.4) is 0 Å². The van der Waals surface area contributed by atoms with Crippen molar-refractivity contribution in [1.29, 1.82) is 0 Å². The maximum absolute atomic E-state index is 11.5. The smallest absolute Gasteiger partial charge is 0.157 e. The Hall–Kier alpha value is -2.08. The van der Waals surface area contributed by atoms with Crippen molar-refractivity contribution in [3.05, 3.63) is 57.6 Å². The summed E-state index contributed by atoms with van der Waals surface area (Å²) < 4.78 is 11.7. The van der Waals surface area contributed by atoms with Crippen LogP contribution in [0.5, 0.6) is 11.5 Å². The van der Waals surface area contributed by atoms with Crippen LogP contribution < -0.4 is 0 Å². The van der Waals surface area contributed by atoms with E-state index < -0.39 is 0 Å². The SMILES string of the molecule is CCC(C)(C)c1cc(CCCO)cc(Cc2cc(CCCOC3CCCCO3)cc(C(C)(C)CC)c2O)c1O. The summed E-state index contributed by atoms with van der Waals surface area (Å²) in [5.41, 5.74) is 5.48. The van der Waals surface area contributed by atoms with Crippen molar-refractivity contribution in [2.45, 2.75) is 123 Å². The number of phenols is 2. The molecule has 2 aromatic carbocycles. The molecule has 0 aliphatic carbocycles. The number of aliphatic hydroxyl groups is 1. The molecule has 0 radical (unpaired) electrons. The maximum Gasteiger partial charge on any atom is 0.157 e. The summed E-state index contributed by atoms with van der Waals surface area (Å²) >= 11 is 0. The monoisotopic (exact) mass is 540 g/mol. The van der Waals surface area contributed by atoms with E-state index in [2.05, 4.69) is 65.8 Å². The Labute approximate surface area is 236 Å². The molecule has 0 bridgehead atoms. The largest absolute Gasteiger partial charge is 0.507 e. The average molecular weight is 541 g/mol. The molecule has 3 rings (SSSR count). The van der Waals surface area contributed by atoms with Crippen LogP contribution in [0, 0.1) is 0 Å². The van der Waals surface area contributed by atoms with E-state index in [1.165, 1.54) is 5.56 Å². The predicted octanol–water partition coefficient (Wildman–Crippen LogP) is 7.46. The van der Waals surface area contributed by atoms with Gasteiger partial charge in [-0.2, -0.15) is 0 Å². The zero-order chi connectivity index (χ0) is 28.6. The van der Waals surface area contributed by atoms with Gasteiger partial charge >= 0.3 is 0 Å². The number of phenolic OH excluding ortho intramolecular Hbond substituents is 2. The molecule has 5 nitrogen and oxygen atoms in total. The van der Waals surface area contributed by atoms with Gasteiger partial charge < -0.3 is 24.8 Å². The molecular formula is C34H52O5. The Morgan fingerprint density at radius 2 is 1.36 bits per heavy atom. The fourth-order valence-corrected chi connectivity index (χ4v) is 5.31. The molecular weight excluding hydrogens is 488 g/mol. The minimum Gasteiger partial charge on any atom is -0.507 e. The van der Waals surface area contributed by atoms with Gasteiger partial charge in [0.1, 0.15) is 11.5 Å². The van der Waals surface area contributed by atoms with Crippen molar-refractivity contribution in [1.82, 2.24) is 0 Å². The summed E-state index contributed by atoms with van der Waals surface area (Å²) in [7, 11) is 0. The summed E-state index contributed by atoms with van der Waals surface area (Å²) in [6.45, 7) is 14.5. The van der Waals surface area contributed by atoms with Gasteiger partial charge in [0.2, 0.25) is 0 Å². The summed E-state index contributed by atoms with van der Waals surface area (Å²) in [5, 5.41) is 32.4. The molecule has 1 atom stereocenters. The zero-order valence-electron chi connectivity index (χ0n) is 25.2. The lowest BCUT2D eigenvalue weighted by atomic mass is 9.78. The fourth-order valence-electron chi connectivity index (χ4n) is 5.31. The maximum atomic E-state index is 11.5. The Balaban J connectivity index is 1.93. The van der Waals surface area contributed by atoms with Crippen LogP contribution in [0.15, 0.2) is 24.3 Å². The lowest BCUT2D eigenvalue weighted by Gasteiger charge is -2.28. The van der Waals surface area contributed by atoms with Crippen LogP contribution in [-0.4, -0.2) is 41.4 Å². The predicted molar refractivity (Wildman–Crippen MR) is 159 cm³/mol. The number of rotatable bonds is 14. The lowest BCUT2D eigenvalue weighted by molar-refractivity contribution is -0.162. The van der Waals surface area contributed by atoms with Crippen molar-refractivity contribution in [3.8, 4) is 11.5 Å². The highest BCUT2D eigenvalue weighted by atomic mass is 16.7. The lowest BCUT2D eigenvalue weighted by Crippen LogP contribution is -2.22. The molecule has 1 aliphatic rings. The molecule has 3 N–H and O–H groups in total. The van der Waals surface area contributed by atoms with Gasteiger partial charge in [-0.15, -0.1) is 0 Å². The van der Waals surface area contributed by atoms with Crippen molar-refractivity contribution in [2.75, 3.05) is 19.8 Å². The van der Waals surface area contributed by atoms with Crippen LogP contribution in [0.1, 0.15) is 120 Å². The number of aryl methyl sites for hydroxylation is 2. The van der Waals surface area contributed by atoms with Gasteiger partial charge in [0.15, 0.2) is 6.29 Å². The van der Waals surface area contributed by atoms with Gasteiger partial charge in [0.25, 0.3) is 0 Å². The van der Waals surface area contributed by atoms with Crippen molar-refractivity contribution in [3.63, 3.8) is 0 Å². The van der Waals surface area contributed by atoms with Gasteiger partial charge in [-0.1, -0.05) is 65.8 Å². The van der Waals surface area contributed by atoms with Crippen LogP contribution >= 0.6 is 0 Å². The van der Waals surface area contributed by atoms with E-state index in [1.807, 2.05) is 0 Å². The fraction of sp³-hybridized carbons (Fsp3) is 0.647. The van der Waals surface area contributed by atoms with Crippen LogP contribution in [0.2, 0.25) is 0 Å². The topological polar surface area (TPSA) is 79.2 Å². The van der Waals surface area contributed by atoms with E-state index in [-0.39, 0.29) is 23.7 Å². The van der Waals surface area contributed by atoms with Gasteiger partial charge in [0, 0.05) is 30.8 Å². The highest BCUT2D eigenvalue weighted by Crippen LogP contribution is 2.41. The number of benzene rings is 2. The summed E-state index contributed by atoms with van der Waals surface area (Å²) in [6.07, 6.45) is 8.58. The van der Waals surface area contributed by atoms with E-state index in [0.29, 0.717) is 30.9 Å². The Bertz CT molecular complexity index is 1070. The quantitative estimate of drug-likeness (QED) is 0.217. The van der Waals surface area contributed by atoms with Gasteiger partial charge in [-0.25, -0.2) is 0 Å². The zero-order valence-corrected chi connectivity index (χ0v) is 25.2. The number of aliphatic hydroxyl groups excluding tert-OH is 1. The second-order valence-corrected chi connectivity index (χ2v) is 12.6. The third-order valence-corrected chi connectivity index (χ3v) is 8.78. The standard InChI is InChI=1S/C34H52O5/c1-7-33(3,4)28-21-24(13-11-16-35)19-26(31(28)36)23-27-20-25(22-29(32(27)37)34(5,6)8-2)14-12-18-39-30-15-9-10-17-38-30/h19-22,30,35-37H,7-18,23H2,1-6H3. The van der Waals surface area contributed by atoms with Crippen molar-refractivity contribution >= 4 is 0 Å². The molecule has 1 saturated heterocycles. The first-order valence-electron chi connectivity index (χ1n) is 15.1. The highest BCUT2D eigenvalue weighted by Gasteiger charge is 2.27. The average Bonchev–Trinajstić information content (AvgIpc) is 2.93. The second-order valence-electron chi connectivity index (χ2n) is 12.6. The molecule has 218 valence electrons. The van der Waals surface area contributed by atoms with Crippen LogP contribution in [-0.2, 0) is 39.6 Å². The normalized spacial score (nSPS) is 16.5. The van der Waals surface area contributed by atoms with Gasteiger partial charge in [0.05, 0.1) is 6.61 Å². The second kappa shape index (κ2) is 14.0. The van der Waals surface area contributed by atoms with E-state index in [4.69, 9.17) is 9.47 Å². The minimum absolute atomic E-state index is 0.0774. The van der Waals surface area contributed by atoms with E-state index in [9.17, 15) is 15.3 Å². The van der Waals surface area contributed by atoms with E-state index in [0.717, 1.165) is 85.8 Å². The summed E-state index contributed by atoms with van der Waals surface area (Å²) in [5.74, 6) is 0.644. The minimum atomic E-state index is -0.185. The molecule has 0 saturated carbocycles. The molecule has 0 spiro atoms. The number of aromatic hydroxyl groups is 2. The third kappa shape index (κ3) is 8.22. The Morgan fingerprint density at radius 1 is 0.821 bits per heavy atom. The van der Waals surface area contributed by atoms with Crippen molar-refractivity contribution < 1.29 is 24.8 Å². The van der Waals surface area contributed by atoms with E-state index >= 15 is 0 Å². The number of hydrogen-bond acceptors (Lipinski definition) is 5. The first kappa shape index (κ1) is 31.4. The Kier molecular flexibility index (Phi) is 11.3. The van der Waals surface area contributed by atoms with Crippen LogP contribution in [0.4, 0.5) is 0 Å². The molecule has 5 heteroatoms. The molecule has 0 amide bonds.